The summed E-state index contributed by atoms with van der Waals surface area (Å²) in [5.41, 5.74) is 2.16. The highest BCUT2D eigenvalue weighted by Crippen LogP contribution is 2.30. The summed E-state index contributed by atoms with van der Waals surface area (Å²) >= 11 is 1.55. The Morgan fingerprint density at radius 3 is 2.00 bits per heavy atom. The second kappa shape index (κ2) is 6.78. The molecule has 0 spiro atoms. The van der Waals surface area contributed by atoms with Crippen molar-refractivity contribution in [2.45, 2.75) is 11.0 Å². The lowest BCUT2D eigenvalue weighted by Crippen LogP contribution is -2.10. The van der Waals surface area contributed by atoms with E-state index in [2.05, 4.69) is 4.98 Å². The molecule has 0 N–H and O–H groups in total. The summed E-state index contributed by atoms with van der Waals surface area (Å²) in [4.78, 5) is 4.25. The average Bonchev–Trinajstić information content (AvgIpc) is 3.02. The summed E-state index contributed by atoms with van der Waals surface area (Å²) in [6.45, 7) is 0. The Bertz CT molecular complexity index is 657. The fraction of sp³-hybridized carbons (Fsp3) is 0.118. The molecule has 0 amide bonds. The van der Waals surface area contributed by atoms with Crippen LogP contribution >= 0.6 is 11.3 Å². The van der Waals surface area contributed by atoms with E-state index in [0.717, 1.165) is 16.1 Å². The molecule has 4 heteroatoms. The molecule has 0 aliphatic heterocycles. The lowest BCUT2D eigenvalue weighted by molar-refractivity contribution is 0.677. The van der Waals surface area contributed by atoms with E-state index in [-0.39, 0.29) is 5.25 Å². The quantitative estimate of drug-likeness (QED) is 0.707. The molecule has 0 aliphatic carbocycles. The smallest absolute Gasteiger partial charge is 0.105 e. The maximum Gasteiger partial charge on any atom is 0.105 e. The molecule has 0 fully saturated rings. The van der Waals surface area contributed by atoms with Crippen LogP contribution < -0.4 is 0 Å². The van der Waals surface area contributed by atoms with Crippen LogP contribution in [0.1, 0.15) is 21.4 Å². The molecule has 3 rings (SSSR count). The van der Waals surface area contributed by atoms with Gasteiger partial charge in [-0.2, -0.15) is 0 Å². The molecule has 21 heavy (non-hydrogen) atoms. The maximum absolute atomic E-state index is 12.9. The normalized spacial score (nSPS) is 12.4. The summed E-state index contributed by atoms with van der Waals surface area (Å²) in [6, 6.07) is 20.1. The zero-order valence-electron chi connectivity index (χ0n) is 11.4. The highest BCUT2D eigenvalue weighted by atomic mass is 32.2. The van der Waals surface area contributed by atoms with Crippen LogP contribution in [-0.4, -0.2) is 9.19 Å². The molecule has 1 heterocycles. The number of nitrogens with zero attached hydrogens (tertiary/aromatic N) is 1. The largest absolute Gasteiger partial charge is 0.258 e. The van der Waals surface area contributed by atoms with Crippen molar-refractivity contribution in [3.63, 3.8) is 0 Å². The fourth-order valence-corrected chi connectivity index (χ4v) is 4.71. The van der Waals surface area contributed by atoms with Crippen molar-refractivity contribution in [3.05, 3.63) is 88.4 Å². The van der Waals surface area contributed by atoms with Crippen molar-refractivity contribution in [2.24, 2.45) is 0 Å². The van der Waals surface area contributed by atoms with Gasteiger partial charge in [-0.15, -0.1) is 11.3 Å². The van der Waals surface area contributed by atoms with Crippen LogP contribution in [0, 0.1) is 0 Å². The van der Waals surface area contributed by atoms with Crippen LogP contribution in [-0.2, 0) is 16.6 Å². The van der Waals surface area contributed by atoms with E-state index in [0.29, 0.717) is 5.75 Å². The maximum atomic E-state index is 12.9. The molecule has 2 nitrogen and oxygen atoms in total. The Hall–Kier alpha value is -1.78. The summed E-state index contributed by atoms with van der Waals surface area (Å²) in [5, 5.41) is 2.73. The van der Waals surface area contributed by atoms with Gasteiger partial charge >= 0.3 is 0 Å². The number of benzene rings is 2. The monoisotopic (exact) mass is 313 g/mol. The molecular formula is C17H15NOS2. The predicted molar refractivity (Wildman–Crippen MR) is 88.7 cm³/mol. The highest BCUT2D eigenvalue weighted by Gasteiger charge is 2.21. The number of hydrogen-bond donors (Lipinski definition) is 0. The topological polar surface area (TPSA) is 30.0 Å². The van der Waals surface area contributed by atoms with Crippen LogP contribution in [0.2, 0.25) is 0 Å². The molecule has 0 saturated carbocycles. The Morgan fingerprint density at radius 1 is 0.952 bits per heavy atom. The van der Waals surface area contributed by atoms with Crippen molar-refractivity contribution < 1.29 is 4.21 Å². The van der Waals surface area contributed by atoms with Gasteiger partial charge in [-0.3, -0.25) is 4.21 Å². The van der Waals surface area contributed by atoms with E-state index in [1.807, 2.05) is 66.0 Å². The van der Waals surface area contributed by atoms with Gasteiger partial charge in [0.2, 0.25) is 0 Å². The first kappa shape index (κ1) is 14.2. The van der Waals surface area contributed by atoms with E-state index in [4.69, 9.17) is 0 Å². The van der Waals surface area contributed by atoms with Gasteiger partial charge in [0, 0.05) is 22.4 Å². The summed E-state index contributed by atoms with van der Waals surface area (Å²) < 4.78 is 12.9. The van der Waals surface area contributed by atoms with Gasteiger partial charge in [0.05, 0.1) is 11.0 Å². The van der Waals surface area contributed by atoms with E-state index < -0.39 is 10.8 Å². The first-order chi connectivity index (χ1) is 10.3. The lowest BCUT2D eigenvalue weighted by Gasteiger charge is -2.17. The molecule has 106 valence electrons. The number of thiazole rings is 1. The van der Waals surface area contributed by atoms with Crippen LogP contribution in [0.15, 0.2) is 72.2 Å². The van der Waals surface area contributed by atoms with Gasteiger partial charge in [0.15, 0.2) is 0 Å². The standard InChI is InChI=1S/C17H15NOS2/c19-21(13-16-18-11-12-20-16)17(14-7-3-1-4-8-14)15-9-5-2-6-10-15/h1-12,17H,13H2/t21-/m0/s1. The summed E-state index contributed by atoms with van der Waals surface area (Å²) in [6.07, 6.45) is 1.76. The minimum atomic E-state index is -1.04. The van der Waals surface area contributed by atoms with E-state index in [9.17, 15) is 4.21 Å². The molecule has 0 aliphatic rings. The highest BCUT2D eigenvalue weighted by molar-refractivity contribution is 7.84. The van der Waals surface area contributed by atoms with Gasteiger partial charge in [0.1, 0.15) is 5.01 Å². The van der Waals surface area contributed by atoms with Crippen LogP contribution in [0.5, 0.6) is 0 Å². The second-order valence-corrected chi connectivity index (χ2v) is 7.15. The molecule has 3 aromatic rings. The Morgan fingerprint density at radius 2 is 1.52 bits per heavy atom. The molecule has 0 unspecified atom stereocenters. The zero-order chi connectivity index (χ0) is 14.5. The second-order valence-electron chi connectivity index (χ2n) is 4.65. The fourth-order valence-electron chi connectivity index (χ4n) is 2.28. The number of rotatable bonds is 5. The molecule has 1 atom stereocenters. The van der Waals surface area contributed by atoms with Crippen LogP contribution in [0.25, 0.3) is 0 Å². The predicted octanol–water partition coefficient (Wildman–Crippen LogP) is 4.18. The third-order valence-corrected chi connectivity index (χ3v) is 5.81. The van der Waals surface area contributed by atoms with Gasteiger partial charge in [-0.1, -0.05) is 60.7 Å². The van der Waals surface area contributed by atoms with Gasteiger partial charge in [0.25, 0.3) is 0 Å². The minimum Gasteiger partial charge on any atom is -0.258 e. The molecule has 1 aromatic heterocycles. The lowest BCUT2D eigenvalue weighted by atomic mass is 10.0. The molecule has 2 aromatic carbocycles. The first-order valence-corrected chi connectivity index (χ1v) is 8.96. The van der Waals surface area contributed by atoms with E-state index >= 15 is 0 Å². The van der Waals surface area contributed by atoms with Gasteiger partial charge < -0.3 is 0 Å². The third-order valence-electron chi connectivity index (χ3n) is 3.22. The first-order valence-electron chi connectivity index (χ1n) is 6.70. The summed E-state index contributed by atoms with van der Waals surface area (Å²) in [7, 11) is -1.04. The van der Waals surface area contributed by atoms with Crippen molar-refractivity contribution in [1.29, 1.82) is 0 Å². The SMILES string of the molecule is O=[S@@](Cc1nccs1)C(c1ccccc1)c1ccccc1. The molecule has 0 bridgehead atoms. The van der Waals surface area contributed by atoms with Crippen LogP contribution in [0.3, 0.4) is 0 Å². The Kier molecular flexibility index (Phi) is 4.58. The van der Waals surface area contributed by atoms with Crippen molar-refractivity contribution in [1.82, 2.24) is 4.98 Å². The van der Waals surface area contributed by atoms with Gasteiger partial charge in [-0.25, -0.2) is 4.98 Å². The molecule has 0 radical (unpaired) electrons. The van der Waals surface area contributed by atoms with Crippen molar-refractivity contribution >= 4 is 22.1 Å². The van der Waals surface area contributed by atoms with E-state index in [1.54, 1.807) is 17.5 Å². The molecular weight excluding hydrogens is 298 g/mol. The van der Waals surface area contributed by atoms with Crippen molar-refractivity contribution in [3.8, 4) is 0 Å². The van der Waals surface area contributed by atoms with Crippen LogP contribution in [0.4, 0.5) is 0 Å². The van der Waals surface area contributed by atoms with Gasteiger partial charge in [-0.05, 0) is 11.1 Å². The Labute approximate surface area is 131 Å². The number of hydrogen-bond acceptors (Lipinski definition) is 3. The third kappa shape index (κ3) is 3.46. The Balaban J connectivity index is 1.95. The zero-order valence-corrected chi connectivity index (χ0v) is 13.0. The average molecular weight is 313 g/mol. The minimum absolute atomic E-state index is 0.115. The van der Waals surface area contributed by atoms with E-state index in [1.165, 1.54) is 0 Å². The van der Waals surface area contributed by atoms with Crippen molar-refractivity contribution in [2.75, 3.05) is 0 Å². The molecule has 0 saturated heterocycles. The number of aromatic nitrogens is 1. The summed E-state index contributed by atoms with van der Waals surface area (Å²) in [5.74, 6) is 0.492.